The smallest absolute Gasteiger partial charge is 0.366 e. The second-order valence-corrected chi connectivity index (χ2v) is 2.23. The summed E-state index contributed by atoms with van der Waals surface area (Å²) in [4.78, 5) is 17.4. The van der Waals surface area contributed by atoms with E-state index in [9.17, 15) is 4.91 Å². The topological polar surface area (TPSA) is 142 Å². The van der Waals surface area contributed by atoms with Crippen LogP contribution in [0.5, 0.6) is 0 Å². The Morgan fingerprint density at radius 2 is 2.00 bits per heavy atom. The van der Waals surface area contributed by atoms with Crippen LogP contribution in [0.3, 0.4) is 0 Å². The van der Waals surface area contributed by atoms with Gasteiger partial charge in [0.15, 0.2) is 0 Å². The number of hydrogen-bond acceptors (Lipinski definition) is 7. The minimum Gasteiger partial charge on any atom is -0.366 e. The van der Waals surface area contributed by atoms with Gasteiger partial charge in [0.05, 0.1) is 23.1 Å². The predicted octanol–water partition coefficient (Wildman–Crippen LogP) is -1.64. The fraction of sp³-hybridized carbons (Fsp3) is 0. The van der Waals surface area contributed by atoms with Crippen LogP contribution in [-0.4, -0.2) is 25.3 Å². The molecule has 2 aromatic heterocycles. The van der Waals surface area contributed by atoms with E-state index in [1.807, 2.05) is 0 Å². The Bertz CT molecular complexity index is 454. The summed E-state index contributed by atoms with van der Waals surface area (Å²) in [6.45, 7) is 0. The number of nitrogens with one attached hydrogen (secondary N) is 1. The first-order valence-electron chi connectivity index (χ1n) is 3.81. The van der Waals surface area contributed by atoms with Gasteiger partial charge in [0.25, 0.3) is 0 Å². The zero-order chi connectivity index (χ0) is 11.1. The van der Waals surface area contributed by atoms with Crippen LogP contribution in [0.4, 0.5) is 11.9 Å². The summed E-state index contributed by atoms with van der Waals surface area (Å²) in [5, 5.41) is 9.12. The number of anilines is 2. The number of nitrogens with zero attached hydrogens (tertiary/aromatic N) is 5. The molecule has 15 heavy (non-hydrogen) atoms. The molecule has 0 aliphatic rings. The van der Waals surface area contributed by atoms with Crippen LogP contribution < -0.4 is 16.0 Å². The molecule has 9 nitrogen and oxygen atoms in total. The number of rotatable bonds is 0. The fourth-order valence-electron chi connectivity index (χ4n) is 0.591. The molecule has 2 rings (SSSR count). The van der Waals surface area contributed by atoms with Crippen molar-refractivity contribution in [3.05, 3.63) is 29.7 Å². The van der Waals surface area contributed by atoms with Gasteiger partial charge in [-0.2, -0.15) is 5.10 Å². The van der Waals surface area contributed by atoms with Gasteiger partial charge < -0.3 is 5.73 Å². The van der Waals surface area contributed by atoms with Crippen molar-refractivity contribution in [3.8, 4) is 0 Å². The molecule has 0 radical (unpaired) electrons. The van der Waals surface area contributed by atoms with E-state index in [1.54, 1.807) is 0 Å². The van der Waals surface area contributed by atoms with E-state index in [4.69, 9.17) is 11.5 Å². The second kappa shape index (κ2) is 5.21. The summed E-state index contributed by atoms with van der Waals surface area (Å²) in [5.41, 5.74) is 10.1. The molecule has 2 heterocycles. The van der Waals surface area contributed by atoms with E-state index in [-0.39, 0.29) is 11.9 Å². The van der Waals surface area contributed by atoms with Crippen LogP contribution in [0.2, 0.25) is 0 Å². The molecule has 9 heteroatoms. The highest BCUT2D eigenvalue weighted by molar-refractivity contribution is 5.07. The van der Waals surface area contributed by atoms with Gasteiger partial charge in [-0.3, -0.25) is 5.73 Å². The van der Waals surface area contributed by atoms with Crippen LogP contribution in [0, 0.1) is 4.91 Å². The third-order valence-corrected chi connectivity index (χ3v) is 1.18. The molecule has 0 atom stereocenters. The van der Waals surface area contributed by atoms with Crippen LogP contribution in [0.15, 0.2) is 24.8 Å². The second-order valence-electron chi connectivity index (χ2n) is 2.23. The first-order chi connectivity index (χ1) is 7.20. The van der Waals surface area contributed by atoms with Crippen LogP contribution in [0.1, 0.15) is 0 Å². The van der Waals surface area contributed by atoms with E-state index in [2.05, 4.69) is 25.3 Å². The maximum Gasteiger partial charge on any atom is 0.449 e. The van der Waals surface area contributed by atoms with Gasteiger partial charge in [0, 0.05) is 0 Å². The van der Waals surface area contributed by atoms with Crippen LogP contribution in [0.25, 0.3) is 0 Å². The van der Waals surface area contributed by atoms with Crippen molar-refractivity contribution in [1.29, 1.82) is 0 Å². The fourth-order valence-corrected chi connectivity index (χ4v) is 0.591. The van der Waals surface area contributed by atoms with Crippen molar-refractivity contribution in [1.82, 2.24) is 25.3 Å². The quantitative estimate of drug-likeness (QED) is 0.441. The van der Waals surface area contributed by atoms with Gasteiger partial charge in [-0.05, 0) is 0 Å². The molecule has 78 valence electrons. The van der Waals surface area contributed by atoms with Crippen molar-refractivity contribution < 1.29 is 4.54 Å². The third-order valence-electron chi connectivity index (χ3n) is 1.18. The average molecular weight is 209 g/mol. The lowest BCUT2D eigenvalue weighted by Gasteiger charge is -1.80. The van der Waals surface area contributed by atoms with Crippen molar-refractivity contribution in [3.63, 3.8) is 0 Å². The summed E-state index contributed by atoms with van der Waals surface area (Å²) >= 11 is 0. The predicted molar refractivity (Wildman–Crippen MR) is 50.6 cm³/mol. The molecule has 5 N–H and O–H groups in total. The molecule has 0 aliphatic carbocycles. The van der Waals surface area contributed by atoms with Crippen LogP contribution in [-0.2, 0) is 0 Å². The minimum absolute atomic E-state index is 0.0764. The van der Waals surface area contributed by atoms with Crippen molar-refractivity contribution in [2.45, 2.75) is 0 Å². The number of H-pyrrole nitrogens is 1. The molecule has 2 aromatic rings. The number of aromatic amines is 1. The number of hydrogen-bond donors (Lipinski definition) is 3. The summed E-state index contributed by atoms with van der Waals surface area (Å²) in [5.74, 6) is 0.134. The summed E-state index contributed by atoms with van der Waals surface area (Å²) in [6, 6.07) is 0. The van der Waals surface area contributed by atoms with Gasteiger partial charge >= 0.3 is 5.95 Å². The summed E-state index contributed by atoms with van der Waals surface area (Å²) in [7, 11) is 0. The summed E-state index contributed by atoms with van der Waals surface area (Å²) in [6.07, 6.45) is 5.76. The Morgan fingerprint density at radius 1 is 1.20 bits per heavy atom. The molecule has 0 bridgehead atoms. The third kappa shape index (κ3) is 3.76. The Kier molecular flexibility index (Phi) is 3.65. The van der Waals surface area contributed by atoms with E-state index < -0.39 is 0 Å². The standard InChI is InChI=1S/C3H5N4O.C3H4N4/c4-3-5-1-2-6-7(3)8;4-3-5-1-2-6-7-3/h1-2H,(H2,4,5)(H,6,8);1-2H,(H2,4,5,7)/q+1;. The van der Waals surface area contributed by atoms with Crippen molar-refractivity contribution in [2.75, 3.05) is 11.5 Å². The van der Waals surface area contributed by atoms with E-state index in [0.717, 1.165) is 0 Å². The van der Waals surface area contributed by atoms with Gasteiger partial charge in [-0.15, -0.1) is 5.10 Å². The maximum absolute atomic E-state index is 10.3. The minimum atomic E-state index is -0.0764. The average Bonchev–Trinajstić information content (AvgIpc) is 2.25. The summed E-state index contributed by atoms with van der Waals surface area (Å²) < 4.78 is 0.375. The zero-order valence-corrected chi connectivity index (χ0v) is 7.61. The Hall–Kier alpha value is -2.58. The Morgan fingerprint density at radius 3 is 2.33 bits per heavy atom. The van der Waals surface area contributed by atoms with Gasteiger partial charge in [-0.25, -0.2) is 10.1 Å². The molecule has 0 amide bonds. The lowest BCUT2D eigenvalue weighted by Crippen LogP contribution is -2.24. The highest BCUT2D eigenvalue weighted by atomic mass is 16.3. The molecular formula is C6H9N8O+. The molecule has 0 saturated carbocycles. The number of nitrogens with two attached hydrogens (primary N) is 2. The van der Waals surface area contributed by atoms with Crippen molar-refractivity contribution in [2.24, 2.45) is 0 Å². The molecule has 0 aliphatic heterocycles. The first-order valence-corrected chi connectivity index (χ1v) is 3.81. The molecule has 0 spiro atoms. The highest BCUT2D eigenvalue weighted by Gasteiger charge is 1.95. The molecule has 0 fully saturated rings. The zero-order valence-electron chi connectivity index (χ0n) is 7.61. The van der Waals surface area contributed by atoms with E-state index in [1.165, 1.54) is 24.8 Å². The maximum atomic E-state index is 10.3. The lowest BCUT2D eigenvalue weighted by molar-refractivity contribution is -0.552. The SMILES string of the molecule is Nc1ncc[nH][n+]1=O.Nc1nccnn1. The molecular weight excluding hydrogens is 200 g/mol. The van der Waals surface area contributed by atoms with Gasteiger partial charge in [0.2, 0.25) is 5.95 Å². The lowest BCUT2D eigenvalue weighted by atomic mass is 10.9. The molecule has 0 saturated heterocycles. The van der Waals surface area contributed by atoms with Crippen LogP contribution >= 0.6 is 0 Å². The monoisotopic (exact) mass is 209 g/mol. The van der Waals surface area contributed by atoms with Crippen molar-refractivity contribution >= 4 is 11.9 Å². The largest absolute Gasteiger partial charge is 0.449 e. The Balaban J connectivity index is 0.000000151. The van der Waals surface area contributed by atoms with E-state index >= 15 is 0 Å². The number of aromatic nitrogens is 6. The van der Waals surface area contributed by atoms with E-state index in [0.29, 0.717) is 4.54 Å². The Labute approximate surface area is 83.8 Å². The number of nitrogen functional groups attached to an aromatic ring is 2. The van der Waals surface area contributed by atoms with Gasteiger partial charge in [-0.1, -0.05) is 9.89 Å². The normalized spacial score (nSPS) is 8.80. The van der Waals surface area contributed by atoms with Gasteiger partial charge in [0.1, 0.15) is 6.20 Å². The highest BCUT2D eigenvalue weighted by Crippen LogP contribution is 1.77. The first kappa shape index (κ1) is 10.5. The molecule has 0 aromatic carbocycles. The molecule has 0 unspecified atom stereocenters.